The number of aliphatic hydroxyl groups is 1. The molecular formula is C11H22N2O3. The quantitative estimate of drug-likeness (QED) is 0.674. The van der Waals surface area contributed by atoms with Gasteiger partial charge in [-0.3, -0.25) is 4.79 Å². The highest BCUT2D eigenvalue weighted by atomic mass is 16.5. The summed E-state index contributed by atoms with van der Waals surface area (Å²) in [5.74, 6) is -0.0266. The molecule has 0 bridgehead atoms. The highest BCUT2D eigenvalue weighted by molar-refractivity contribution is 5.76. The van der Waals surface area contributed by atoms with Gasteiger partial charge in [0, 0.05) is 32.5 Å². The van der Waals surface area contributed by atoms with Gasteiger partial charge in [-0.15, -0.1) is 0 Å². The van der Waals surface area contributed by atoms with Gasteiger partial charge in [-0.1, -0.05) is 0 Å². The second-order valence-corrected chi connectivity index (χ2v) is 4.70. The van der Waals surface area contributed by atoms with Crippen LogP contribution < -0.4 is 5.32 Å². The summed E-state index contributed by atoms with van der Waals surface area (Å²) in [4.78, 5) is 13.4. The maximum absolute atomic E-state index is 11.5. The summed E-state index contributed by atoms with van der Waals surface area (Å²) in [6.45, 7) is 3.39. The van der Waals surface area contributed by atoms with E-state index in [2.05, 4.69) is 5.32 Å². The van der Waals surface area contributed by atoms with Crippen molar-refractivity contribution in [1.82, 2.24) is 10.2 Å². The van der Waals surface area contributed by atoms with Crippen LogP contribution in [0, 0.1) is 0 Å². The standard InChI is InChI=1S/C11H22N2O3/c1-9-11(15,5-7-16-9)8-12-10(14)4-6-13(2)3/h9,15H,4-8H2,1-3H3,(H,12,14). The number of nitrogens with one attached hydrogen (secondary N) is 1. The van der Waals surface area contributed by atoms with Crippen molar-refractivity contribution in [2.24, 2.45) is 0 Å². The van der Waals surface area contributed by atoms with E-state index < -0.39 is 5.60 Å². The van der Waals surface area contributed by atoms with Gasteiger partial charge in [0.05, 0.1) is 6.10 Å². The third-order valence-electron chi connectivity index (χ3n) is 3.04. The Balaban J connectivity index is 2.26. The molecule has 2 N–H and O–H groups in total. The monoisotopic (exact) mass is 230 g/mol. The van der Waals surface area contributed by atoms with Crippen LogP contribution in [0.2, 0.25) is 0 Å². The van der Waals surface area contributed by atoms with E-state index in [1.54, 1.807) is 0 Å². The van der Waals surface area contributed by atoms with Gasteiger partial charge >= 0.3 is 0 Å². The average Bonchev–Trinajstić information content (AvgIpc) is 2.54. The fourth-order valence-electron chi connectivity index (χ4n) is 1.67. The summed E-state index contributed by atoms with van der Waals surface area (Å²) < 4.78 is 5.29. The summed E-state index contributed by atoms with van der Waals surface area (Å²) in [5, 5.41) is 12.9. The maximum Gasteiger partial charge on any atom is 0.221 e. The van der Waals surface area contributed by atoms with Crippen LogP contribution in [0.25, 0.3) is 0 Å². The molecule has 2 atom stereocenters. The van der Waals surface area contributed by atoms with Gasteiger partial charge < -0.3 is 20.1 Å². The minimum absolute atomic E-state index is 0.0266. The lowest BCUT2D eigenvalue weighted by Gasteiger charge is -2.26. The Morgan fingerprint density at radius 3 is 2.81 bits per heavy atom. The Kier molecular flexibility index (Phi) is 4.70. The van der Waals surface area contributed by atoms with Gasteiger partial charge in [-0.2, -0.15) is 0 Å². The summed E-state index contributed by atoms with van der Waals surface area (Å²) in [7, 11) is 3.85. The smallest absolute Gasteiger partial charge is 0.221 e. The zero-order valence-electron chi connectivity index (χ0n) is 10.3. The van der Waals surface area contributed by atoms with Gasteiger partial charge in [-0.05, 0) is 21.0 Å². The first-order valence-electron chi connectivity index (χ1n) is 5.69. The highest BCUT2D eigenvalue weighted by Crippen LogP contribution is 2.24. The molecule has 0 saturated carbocycles. The van der Waals surface area contributed by atoms with Crippen molar-refractivity contribution >= 4 is 5.91 Å². The van der Waals surface area contributed by atoms with E-state index in [0.717, 1.165) is 6.54 Å². The van der Waals surface area contributed by atoms with Crippen LogP contribution in [0.3, 0.4) is 0 Å². The van der Waals surface area contributed by atoms with Gasteiger partial charge in [-0.25, -0.2) is 0 Å². The fourth-order valence-corrected chi connectivity index (χ4v) is 1.67. The maximum atomic E-state index is 11.5. The molecule has 0 aromatic rings. The predicted octanol–water partition coefficient (Wildman–Crippen LogP) is -0.406. The first kappa shape index (κ1) is 13.4. The lowest BCUT2D eigenvalue weighted by Crippen LogP contribution is -2.47. The van der Waals surface area contributed by atoms with Crippen LogP contribution in [0.4, 0.5) is 0 Å². The Morgan fingerprint density at radius 2 is 2.31 bits per heavy atom. The van der Waals surface area contributed by atoms with E-state index >= 15 is 0 Å². The van der Waals surface area contributed by atoms with Crippen LogP contribution in [-0.4, -0.2) is 61.4 Å². The van der Waals surface area contributed by atoms with E-state index in [4.69, 9.17) is 4.74 Å². The number of amides is 1. The summed E-state index contributed by atoms with van der Waals surface area (Å²) >= 11 is 0. The summed E-state index contributed by atoms with van der Waals surface area (Å²) in [5.41, 5.74) is -0.895. The van der Waals surface area contributed by atoms with Crippen molar-refractivity contribution < 1.29 is 14.6 Å². The van der Waals surface area contributed by atoms with E-state index in [0.29, 0.717) is 19.4 Å². The SMILES string of the molecule is CC1OCCC1(O)CNC(=O)CCN(C)C. The molecule has 0 aliphatic carbocycles. The third kappa shape index (κ3) is 3.73. The molecule has 1 rings (SSSR count). The van der Waals surface area contributed by atoms with Gasteiger partial charge in [0.25, 0.3) is 0 Å². The van der Waals surface area contributed by atoms with Crippen molar-refractivity contribution in [2.45, 2.75) is 31.5 Å². The zero-order chi connectivity index (χ0) is 12.2. The first-order valence-corrected chi connectivity index (χ1v) is 5.69. The Labute approximate surface area is 96.8 Å². The number of carbonyl (C=O) groups excluding carboxylic acids is 1. The summed E-state index contributed by atoms with van der Waals surface area (Å²) in [6, 6.07) is 0. The minimum Gasteiger partial charge on any atom is -0.385 e. The minimum atomic E-state index is -0.895. The second-order valence-electron chi connectivity index (χ2n) is 4.70. The third-order valence-corrected chi connectivity index (χ3v) is 3.04. The molecule has 94 valence electrons. The largest absolute Gasteiger partial charge is 0.385 e. The predicted molar refractivity (Wildman–Crippen MR) is 61.2 cm³/mol. The van der Waals surface area contributed by atoms with Gasteiger partial charge in [0.2, 0.25) is 5.91 Å². The molecule has 0 spiro atoms. The van der Waals surface area contributed by atoms with Crippen LogP contribution in [0.15, 0.2) is 0 Å². The Hall–Kier alpha value is -0.650. The average molecular weight is 230 g/mol. The summed E-state index contributed by atoms with van der Waals surface area (Å²) in [6.07, 6.45) is 0.835. The van der Waals surface area contributed by atoms with E-state index in [-0.39, 0.29) is 18.6 Å². The van der Waals surface area contributed by atoms with Gasteiger partial charge in [0.1, 0.15) is 5.60 Å². The lowest BCUT2D eigenvalue weighted by atomic mass is 9.97. The molecule has 1 aliphatic rings. The zero-order valence-corrected chi connectivity index (χ0v) is 10.3. The topological polar surface area (TPSA) is 61.8 Å². The molecule has 5 nitrogen and oxygen atoms in total. The van der Waals surface area contributed by atoms with E-state index in [1.807, 2.05) is 25.9 Å². The molecule has 0 aromatic carbocycles. The molecule has 1 aliphatic heterocycles. The van der Waals surface area contributed by atoms with Crippen LogP contribution in [-0.2, 0) is 9.53 Å². The van der Waals surface area contributed by atoms with Crippen molar-refractivity contribution in [1.29, 1.82) is 0 Å². The molecule has 2 unspecified atom stereocenters. The Bertz CT molecular complexity index is 245. The van der Waals surface area contributed by atoms with E-state index in [9.17, 15) is 9.90 Å². The Morgan fingerprint density at radius 1 is 1.62 bits per heavy atom. The molecule has 0 radical (unpaired) electrons. The highest BCUT2D eigenvalue weighted by Gasteiger charge is 2.39. The van der Waals surface area contributed by atoms with Crippen LogP contribution in [0.5, 0.6) is 0 Å². The molecule has 0 aromatic heterocycles. The molecule has 1 heterocycles. The molecular weight excluding hydrogens is 208 g/mol. The first-order chi connectivity index (χ1) is 7.44. The van der Waals surface area contributed by atoms with Crippen molar-refractivity contribution in [3.05, 3.63) is 0 Å². The number of ether oxygens (including phenoxy) is 1. The van der Waals surface area contributed by atoms with Crippen LogP contribution >= 0.6 is 0 Å². The normalized spacial score (nSPS) is 29.7. The fraction of sp³-hybridized carbons (Fsp3) is 0.909. The number of rotatable bonds is 5. The number of nitrogens with zero attached hydrogens (tertiary/aromatic N) is 1. The van der Waals surface area contributed by atoms with Crippen LogP contribution in [0.1, 0.15) is 19.8 Å². The molecule has 1 amide bonds. The van der Waals surface area contributed by atoms with E-state index in [1.165, 1.54) is 0 Å². The second kappa shape index (κ2) is 5.61. The number of carbonyl (C=O) groups is 1. The van der Waals surface area contributed by atoms with Gasteiger partial charge in [0.15, 0.2) is 0 Å². The molecule has 1 saturated heterocycles. The molecule has 16 heavy (non-hydrogen) atoms. The van der Waals surface area contributed by atoms with Crippen molar-refractivity contribution in [2.75, 3.05) is 33.8 Å². The molecule has 1 fully saturated rings. The number of hydrogen-bond donors (Lipinski definition) is 2. The molecule has 5 heteroatoms. The number of hydrogen-bond acceptors (Lipinski definition) is 4. The van der Waals surface area contributed by atoms with Crippen molar-refractivity contribution in [3.63, 3.8) is 0 Å². The lowest BCUT2D eigenvalue weighted by molar-refractivity contribution is -0.123. The van der Waals surface area contributed by atoms with Crippen molar-refractivity contribution in [3.8, 4) is 0 Å².